The van der Waals surface area contributed by atoms with Gasteiger partial charge in [0, 0.05) is 23.8 Å². The number of rotatable bonds is 5. The van der Waals surface area contributed by atoms with Crippen molar-refractivity contribution in [3.05, 3.63) is 54.0 Å². The molecule has 0 aliphatic carbocycles. The summed E-state index contributed by atoms with van der Waals surface area (Å²) in [7, 11) is 3.18. The van der Waals surface area contributed by atoms with Crippen molar-refractivity contribution in [3.8, 4) is 11.5 Å². The molecule has 2 aromatic heterocycles. The zero-order chi connectivity index (χ0) is 17.1. The maximum Gasteiger partial charge on any atom is 0.268 e. The van der Waals surface area contributed by atoms with Crippen LogP contribution in [-0.4, -0.2) is 30.1 Å². The number of aromatic nitrogens is 2. The minimum atomic E-state index is -0.184. The minimum absolute atomic E-state index is 0.122. The number of carbonyl (C=O) groups is 1. The number of aromatic amines is 1. The fourth-order valence-corrected chi connectivity index (χ4v) is 2.60. The average molecular weight is 325 g/mol. The second kappa shape index (κ2) is 6.62. The molecule has 0 aliphatic rings. The number of benzene rings is 1. The number of hydrogen-bond donors (Lipinski definition) is 2. The van der Waals surface area contributed by atoms with Gasteiger partial charge in [-0.1, -0.05) is 0 Å². The first-order valence-electron chi connectivity index (χ1n) is 7.58. The first-order valence-corrected chi connectivity index (χ1v) is 7.58. The summed E-state index contributed by atoms with van der Waals surface area (Å²) in [6.07, 6.45) is 3.41. The minimum Gasteiger partial charge on any atom is -0.497 e. The number of ether oxygens (including phenoxy) is 2. The Morgan fingerprint density at radius 3 is 2.58 bits per heavy atom. The molecule has 3 aromatic rings. The summed E-state index contributed by atoms with van der Waals surface area (Å²) in [6.45, 7) is 1.93. The van der Waals surface area contributed by atoms with Crippen LogP contribution >= 0.6 is 0 Å². The van der Waals surface area contributed by atoms with Crippen LogP contribution in [0.5, 0.6) is 11.5 Å². The normalized spacial score (nSPS) is 12.0. The van der Waals surface area contributed by atoms with Crippen LogP contribution in [0.25, 0.3) is 10.9 Å². The number of methoxy groups -OCH3 is 2. The van der Waals surface area contributed by atoms with Gasteiger partial charge in [-0.2, -0.15) is 0 Å². The maximum atomic E-state index is 12.5. The molecular weight excluding hydrogens is 306 g/mol. The first-order chi connectivity index (χ1) is 11.6. The van der Waals surface area contributed by atoms with E-state index >= 15 is 0 Å². The van der Waals surface area contributed by atoms with Crippen molar-refractivity contribution in [2.24, 2.45) is 0 Å². The van der Waals surface area contributed by atoms with E-state index in [2.05, 4.69) is 15.3 Å². The number of carbonyl (C=O) groups excluding carboxylic acids is 1. The number of fused-ring (bicyclic) bond motifs is 1. The highest BCUT2D eigenvalue weighted by molar-refractivity contribution is 6.00. The van der Waals surface area contributed by atoms with Gasteiger partial charge in [0.1, 0.15) is 17.2 Å². The fourth-order valence-electron chi connectivity index (χ4n) is 2.60. The summed E-state index contributed by atoms with van der Waals surface area (Å²) in [5.41, 5.74) is 2.23. The van der Waals surface area contributed by atoms with Crippen molar-refractivity contribution in [2.75, 3.05) is 14.2 Å². The highest BCUT2D eigenvalue weighted by Crippen LogP contribution is 2.31. The summed E-state index contributed by atoms with van der Waals surface area (Å²) in [4.78, 5) is 19.6. The SMILES string of the molecule is COc1cc(OC)c2[nH]c(C(=O)NC(C)c3ccncc3)cc2c1. The van der Waals surface area contributed by atoms with Gasteiger partial charge in [-0.05, 0) is 36.8 Å². The molecule has 0 saturated heterocycles. The lowest BCUT2D eigenvalue weighted by Gasteiger charge is -2.13. The average Bonchev–Trinajstić information content (AvgIpc) is 3.05. The zero-order valence-corrected chi connectivity index (χ0v) is 13.8. The van der Waals surface area contributed by atoms with Crippen LogP contribution in [0.1, 0.15) is 29.0 Å². The molecule has 0 saturated carbocycles. The molecule has 2 N–H and O–H groups in total. The Bertz CT molecular complexity index is 859. The maximum absolute atomic E-state index is 12.5. The number of hydrogen-bond acceptors (Lipinski definition) is 4. The molecule has 1 atom stereocenters. The summed E-state index contributed by atoms with van der Waals surface area (Å²) < 4.78 is 10.6. The van der Waals surface area contributed by atoms with Crippen LogP contribution in [-0.2, 0) is 0 Å². The van der Waals surface area contributed by atoms with Crippen molar-refractivity contribution >= 4 is 16.8 Å². The molecular formula is C18H19N3O3. The molecule has 6 nitrogen and oxygen atoms in total. The molecule has 0 spiro atoms. The van der Waals surface area contributed by atoms with Gasteiger partial charge in [0.15, 0.2) is 0 Å². The standard InChI is InChI=1S/C18H19N3O3/c1-11(12-4-6-19-7-5-12)20-18(22)15-9-13-8-14(23-2)10-16(24-3)17(13)21-15/h4-11,21H,1-3H3,(H,20,22). The third-order valence-electron chi connectivity index (χ3n) is 3.92. The molecule has 1 amide bonds. The lowest BCUT2D eigenvalue weighted by molar-refractivity contribution is 0.0935. The largest absolute Gasteiger partial charge is 0.497 e. The van der Waals surface area contributed by atoms with Crippen LogP contribution in [0.2, 0.25) is 0 Å². The van der Waals surface area contributed by atoms with E-state index in [-0.39, 0.29) is 11.9 Å². The van der Waals surface area contributed by atoms with Gasteiger partial charge in [0.25, 0.3) is 5.91 Å². The predicted octanol–water partition coefficient (Wildman–Crippen LogP) is 3.07. The predicted molar refractivity (Wildman–Crippen MR) is 91.5 cm³/mol. The van der Waals surface area contributed by atoms with Crippen molar-refractivity contribution in [1.29, 1.82) is 0 Å². The van der Waals surface area contributed by atoms with E-state index in [4.69, 9.17) is 9.47 Å². The molecule has 0 radical (unpaired) electrons. The molecule has 0 fully saturated rings. The van der Waals surface area contributed by atoms with Gasteiger partial charge in [0.05, 0.1) is 25.8 Å². The smallest absolute Gasteiger partial charge is 0.268 e. The summed E-state index contributed by atoms with van der Waals surface area (Å²) in [6, 6.07) is 9.06. The highest BCUT2D eigenvalue weighted by atomic mass is 16.5. The molecule has 1 aromatic carbocycles. The van der Waals surface area contributed by atoms with Gasteiger partial charge in [-0.15, -0.1) is 0 Å². The van der Waals surface area contributed by atoms with Crippen LogP contribution in [0.15, 0.2) is 42.7 Å². The Kier molecular flexibility index (Phi) is 4.37. The quantitative estimate of drug-likeness (QED) is 0.756. The van der Waals surface area contributed by atoms with Crippen molar-refractivity contribution in [3.63, 3.8) is 0 Å². The molecule has 3 rings (SSSR count). The van der Waals surface area contributed by atoms with Crippen molar-refractivity contribution in [1.82, 2.24) is 15.3 Å². The number of H-pyrrole nitrogens is 1. The summed E-state index contributed by atoms with van der Waals surface area (Å²) in [5.74, 6) is 1.12. The van der Waals surface area contributed by atoms with Gasteiger partial charge >= 0.3 is 0 Å². The number of nitrogens with zero attached hydrogens (tertiary/aromatic N) is 1. The third-order valence-corrected chi connectivity index (χ3v) is 3.92. The molecule has 0 bridgehead atoms. The fraction of sp³-hybridized carbons (Fsp3) is 0.222. The monoisotopic (exact) mass is 325 g/mol. The third kappa shape index (κ3) is 3.03. The Labute approximate surface area is 139 Å². The Morgan fingerprint density at radius 1 is 1.17 bits per heavy atom. The molecule has 0 aliphatic heterocycles. The lowest BCUT2D eigenvalue weighted by Crippen LogP contribution is -2.26. The van der Waals surface area contributed by atoms with Gasteiger partial charge < -0.3 is 19.8 Å². The number of pyridine rings is 1. The molecule has 24 heavy (non-hydrogen) atoms. The van der Waals surface area contributed by atoms with E-state index in [0.717, 1.165) is 16.5 Å². The number of amides is 1. The Morgan fingerprint density at radius 2 is 1.92 bits per heavy atom. The second-order valence-corrected chi connectivity index (χ2v) is 5.45. The van der Waals surface area contributed by atoms with Gasteiger partial charge in [-0.3, -0.25) is 9.78 Å². The summed E-state index contributed by atoms with van der Waals surface area (Å²) in [5, 5.41) is 3.82. The highest BCUT2D eigenvalue weighted by Gasteiger charge is 2.16. The van der Waals surface area contributed by atoms with E-state index in [1.165, 1.54) is 0 Å². The van der Waals surface area contributed by atoms with E-state index in [1.807, 2.05) is 25.1 Å². The van der Waals surface area contributed by atoms with Crippen LogP contribution in [0.4, 0.5) is 0 Å². The van der Waals surface area contributed by atoms with E-state index in [9.17, 15) is 4.79 Å². The van der Waals surface area contributed by atoms with E-state index < -0.39 is 0 Å². The van der Waals surface area contributed by atoms with Gasteiger partial charge in [-0.25, -0.2) is 0 Å². The van der Waals surface area contributed by atoms with Crippen LogP contribution in [0.3, 0.4) is 0 Å². The Hall–Kier alpha value is -3.02. The van der Waals surface area contributed by atoms with Crippen molar-refractivity contribution in [2.45, 2.75) is 13.0 Å². The van der Waals surface area contributed by atoms with E-state index in [1.54, 1.807) is 38.7 Å². The Balaban J connectivity index is 1.87. The topological polar surface area (TPSA) is 76.2 Å². The van der Waals surface area contributed by atoms with Crippen molar-refractivity contribution < 1.29 is 14.3 Å². The second-order valence-electron chi connectivity index (χ2n) is 5.45. The molecule has 6 heteroatoms. The molecule has 124 valence electrons. The summed E-state index contributed by atoms with van der Waals surface area (Å²) >= 11 is 0. The molecule has 2 heterocycles. The first kappa shape index (κ1) is 15.9. The zero-order valence-electron chi connectivity index (χ0n) is 13.8. The van der Waals surface area contributed by atoms with Gasteiger partial charge in [0.2, 0.25) is 0 Å². The van der Waals surface area contributed by atoms with Crippen LogP contribution < -0.4 is 14.8 Å². The van der Waals surface area contributed by atoms with Crippen LogP contribution in [0, 0.1) is 0 Å². The number of nitrogens with one attached hydrogen (secondary N) is 2. The van der Waals surface area contributed by atoms with E-state index in [0.29, 0.717) is 17.2 Å². The molecule has 1 unspecified atom stereocenters. The lowest BCUT2D eigenvalue weighted by atomic mass is 10.1.